The van der Waals surface area contributed by atoms with E-state index >= 15 is 0 Å². The van der Waals surface area contributed by atoms with E-state index in [1.54, 1.807) is 19.2 Å². The highest BCUT2D eigenvalue weighted by Gasteiger charge is 2.11. The number of benzene rings is 1. The van der Waals surface area contributed by atoms with E-state index in [-0.39, 0.29) is 16.8 Å². The molecule has 0 saturated carbocycles. The Balaban J connectivity index is 0.000000238. The first kappa shape index (κ1) is 17.8. The van der Waals surface area contributed by atoms with Gasteiger partial charge in [-0.25, -0.2) is 9.59 Å². The molecule has 1 aromatic carbocycles. The summed E-state index contributed by atoms with van der Waals surface area (Å²) < 4.78 is 0. The number of aryl methyl sites for hydroxylation is 2. The van der Waals surface area contributed by atoms with Gasteiger partial charge in [-0.1, -0.05) is 0 Å². The quantitative estimate of drug-likeness (QED) is 0.657. The molecule has 0 saturated heterocycles. The number of carboxylic acids is 2. The van der Waals surface area contributed by atoms with Gasteiger partial charge in [-0.15, -0.1) is 0 Å². The van der Waals surface area contributed by atoms with Crippen LogP contribution in [-0.4, -0.2) is 32.1 Å². The lowest BCUT2D eigenvalue weighted by atomic mass is 10.1. The maximum absolute atomic E-state index is 10.5. The fraction of sp³-hybridized carbons (Fsp3) is 0.133. The minimum atomic E-state index is -1.08. The zero-order valence-corrected chi connectivity index (χ0v) is 12.4. The molecule has 120 valence electrons. The first-order chi connectivity index (χ1) is 10.7. The van der Waals surface area contributed by atoms with Crippen molar-refractivity contribution >= 4 is 17.6 Å². The van der Waals surface area contributed by atoms with Crippen molar-refractivity contribution in [1.29, 1.82) is 0 Å². The summed E-state index contributed by atoms with van der Waals surface area (Å²) in [5.41, 5.74) is 1.20. The van der Waals surface area contributed by atoms with E-state index in [9.17, 15) is 19.7 Å². The Morgan fingerprint density at radius 3 is 2.09 bits per heavy atom. The number of nitro benzene ring substituents is 1. The monoisotopic (exact) mass is 318 g/mol. The van der Waals surface area contributed by atoms with Crippen LogP contribution in [0.3, 0.4) is 0 Å². The zero-order chi connectivity index (χ0) is 17.6. The normalized spacial score (nSPS) is 9.48. The van der Waals surface area contributed by atoms with Gasteiger partial charge in [0.25, 0.3) is 5.69 Å². The van der Waals surface area contributed by atoms with E-state index in [0.29, 0.717) is 11.3 Å². The van der Waals surface area contributed by atoms with Gasteiger partial charge >= 0.3 is 11.9 Å². The minimum Gasteiger partial charge on any atom is -0.478 e. The SMILES string of the molecule is Cc1cc([N+](=O)[O-])ccc1C(=O)O.Cc1ncccc1C(=O)O. The van der Waals surface area contributed by atoms with Crippen LogP contribution in [0.25, 0.3) is 0 Å². The molecule has 0 spiro atoms. The van der Waals surface area contributed by atoms with Gasteiger partial charge in [-0.3, -0.25) is 15.1 Å². The largest absolute Gasteiger partial charge is 0.478 e. The first-order valence-electron chi connectivity index (χ1n) is 6.37. The lowest BCUT2D eigenvalue weighted by Gasteiger charge is -1.98. The van der Waals surface area contributed by atoms with E-state index in [1.165, 1.54) is 31.2 Å². The van der Waals surface area contributed by atoms with Crippen LogP contribution < -0.4 is 0 Å². The average Bonchev–Trinajstić information content (AvgIpc) is 2.47. The second-order valence-corrected chi connectivity index (χ2v) is 4.50. The summed E-state index contributed by atoms with van der Waals surface area (Å²) in [4.78, 5) is 34.5. The number of carboxylic acid groups (broad SMARTS) is 2. The highest BCUT2D eigenvalue weighted by molar-refractivity contribution is 5.89. The molecule has 2 aromatic rings. The zero-order valence-electron chi connectivity index (χ0n) is 12.4. The number of nitro groups is 1. The molecule has 0 aliphatic carbocycles. The smallest absolute Gasteiger partial charge is 0.337 e. The number of non-ortho nitro benzene ring substituents is 1. The van der Waals surface area contributed by atoms with Crippen LogP contribution >= 0.6 is 0 Å². The number of rotatable bonds is 3. The molecule has 0 fully saturated rings. The second-order valence-electron chi connectivity index (χ2n) is 4.50. The van der Waals surface area contributed by atoms with Crippen molar-refractivity contribution in [1.82, 2.24) is 4.98 Å². The van der Waals surface area contributed by atoms with E-state index in [1.807, 2.05) is 0 Å². The number of aromatic carboxylic acids is 2. The molecule has 1 heterocycles. The molecule has 0 radical (unpaired) electrons. The Morgan fingerprint density at radius 1 is 1.09 bits per heavy atom. The summed E-state index contributed by atoms with van der Waals surface area (Å²) in [7, 11) is 0. The topological polar surface area (TPSA) is 131 Å². The Hall–Kier alpha value is -3.29. The lowest BCUT2D eigenvalue weighted by Crippen LogP contribution is -2.00. The summed E-state index contributed by atoms with van der Waals surface area (Å²) in [6.45, 7) is 3.19. The van der Waals surface area contributed by atoms with Crippen molar-refractivity contribution in [2.75, 3.05) is 0 Å². The molecule has 8 nitrogen and oxygen atoms in total. The fourth-order valence-corrected chi connectivity index (χ4v) is 1.71. The maximum Gasteiger partial charge on any atom is 0.337 e. The summed E-state index contributed by atoms with van der Waals surface area (Å²) in [5.74, 6) is -2.00. The standard InChI is InChI=1S/C8H7NO4.C7H7NO2/c1-5-4-6(9(12)13)2-3-7(5)8(10)11;1-5-6(7(9)10)3-2-4-8-5/h2-4H,1H3,(H,10,11);2-4H,1H3,(H,9,10). The molecule has 0 aliphatic heterocycles. The maximum atomic E-state index is 10.5. The molecule has 0 amide bonds. The van der Waals surface area contributed by atoms with Crippen molar-refractivity contribution < 1.29 is 24.7 Å². The number of hydrogen-bond donors (Lipinski definition) is 2. The van der Waals surface area contributed by atoms with Gasteiger partial charge in [0.1, 0.15) is 0 Å². The first-order valence-corrected chi connectivity index (χ1v) is 6.37. The third kappa shape index (κ3) is 4.88. The summed E-state index contributed by atoms with van der Waals surface area (Å²) >= 11 is 0. The van der Waals surface area contributed by atoms with Crippen LogP contribution in [0.15, 0.2) is 36.5 Å². The molecule has 0 aliphatic rings. The third-order valence-electron chi connectivity index (χ3n) is 2.89. The van der Waals surface area contributed by atoms with Crippen LogP contribution in [0, 0.1) is 24.0 Å². The molecule has 2 rings (SSSR count). The molecular formula is C15H14N2O6. The van der Waals surface area contributed by atoms with E-state index in [2.05, 4.69) is 4.98 Å². The van der Waals surface area contributed by atoms with E-state index < -0.39 is 16.9 Å². The van der Waals surface area contributed by atoms with Crippen LogP contribution in [0.5, 0.6) is 0 Å². The molecule has 8 heteroatoms. The summed E-state index contributed by atoms with van der Waals surface area (Å²) in [6, 6.07) is 6.79. The highest BCUT2D eigenvalue weighted by Crippen LogP contribution is 2.16. The van der Waals surface area contributed by atoms with Crippen LogP contribution in [-0.2, 0) is 0 Å². The van der Waals surface area contributed by atoms with Crippen LogP contribution in [0.1, 0.15) is 32.0 Å². The Morgan fingerprint density at radius 2 is 1.70 bits per heavy atom. The van der Waals surface area contributed by atoms with Crippen LogP contribution in [0.4, 0.5) is 5.69 Å². The highest BCUT2D eigenvalue weighted by atomic mass is 16.6. The third-order valence-corrected chi connectivity index (χ3v) is 2.89. The van der Waals surface area contributed by atoms with Gasteiger partial charge in [0.15, 0.2) is 0 Å². The van der Waals surface area contributed by atoms with Gasteiger partial charge in [-0.05, 0) is 37.6 Å². The van der Waals surface area contributed by atoms with E-state index in [4.69, 9.17) is 10.2 Å². The molecule has 1 aromatic heterocycles. The number of pyridine rings is 1. The fourth-order valence-electron chi connectivity index (χ4n) is 1.71. The predicted octanol–water partition coefficient (Wildman–Crippen LogP) is 2.69. The number of hydrogen-bond acceptors (Lipinski definition) is 5. The number of aromatic nitrogens is 1. The van der Waals surface area contributed by atoms with Crippen molar-refractivity contribution in [3.8, 4) is 0 Å². The molecular weight excluding hydrogens is 304 g/mol. The average molecular weight is 318 g/mol. The van der Waals surface area contributed by atoms with Crippen molar-refractivity contribution in [2.24, 2.45) is 0 Å². The van der Waals surface area contributed by atoms with Gasteiger partial charge in [0.05, 0.1) is 21.7 Å². The Labute approximate surface area is 131 Å². The number of nitrogens with zero attached hydrogens (tertiary/aromatic N) is 2. The molecule has 0 unspecified atom stereocenters. The van der Waals surface area contributed by atoms with Crippen molar-refractivity contribution in [3.63, 3.8) is 0 Å². The van der Waals surface area contributed by atoms with Gasteiger partial charge < -0.3 is 10.2 Å². The van der Waals surface area contributed by atoms with Gasteiger partial charge in [-0.2, -0.15) is 0 Å². The van der Waals surface area contributed by atoms with Crippen LogP contribution in [0.2, 0.25) is 0 Å². The van der Waals surface area contributed by atoms with Crippen molar-refractivity contribution in [2.45, 2.75) is 13.8 Å². The predicted molar refractivity (Wildman–Crippen MR) is 80.7 cm³/mol. The number of carbonyl (C=O) groups is 2. The van der Waals surface area contributed by atoms with Gasteiger partial charge in [0, 0.05) is 18.3 Å². The van der Waals surface area contributed by atoms with E-state index in [0.717, 1.165) is 0 Å². The minimum absolute atomic E-state index is 0.0885. The van der Waals surface area contributed by atoms with Crippen molar-refractivity contribution in [3.05, 3.63) is 69.0 Å². The molecule has 23 heavy (non-hydrogen) atoms. The molecule has 2 N–H and O–H groups in total. The molecule has 0 atom stereocenters. The molecule has 0 bridgehead atoms. The second kappa shape index (κ2) is 7.64. The van der Waals surface area contributed by atoms with Gasteiger partial charge in [0.2, 0.25) is 0 Å². The Kier molecular flexibility index (Phi) is 5.90. The summed E-state index contributed by atoms with van der Waals surface area (Å²) in [6.07, 6.45) is 1.57. The Bertz CT molecular complexity index is 757. The summed E-state index contributed by atoms with van der Waals surface area (Å²) in [5, 5.41) is 27.4. The lowest BCUT2D eigenvalue weighted by molar-refractivity contribution is -0.384.